The minimum absolute atomic E-state index is 0.0238. The van der Waals surface area contributed by atoms with E-state index in [-0.39, 0.29) is 19.6 Å². The fourth-order valence-corrected chi connectivity index (χ4v) is 2.94. The van der Waals surface area contributed by atoms with Gasteiger partial charge in [0.2, 0.25) is 6.08 Å². The molecule has 0 aromatic rings. The maximum absolute atomic E-state index is 12.2. The second-order valence-electron chi connectivity index (χ2n) is 11.3. The first kappa shape index (κ1) is 32.2. The lowest BCUT2D eigenvalue weighted by molar-refractivity contribution is 0.0511. The van der Waals surface area contributed by atoms with Crippen LogP contribution in [0.1, 0.15) is 88.0 Å². The van der Waals surface area contributed by atoms with Crippen molar-refractivity contribution < 1.29 is 33.4 Å². The molecule has 0 radical (unpaired) electrons. The topological polar surface area (TPSA) is 144 Å². The third kappa shape index (κ3) is 18.2. The van der Waals surface area contributed by atoms with Gasteiger partial charge in [-0.2, -0.15) is 4.99 Å². The van der Waals surface area contributed by atoms with E-state index in [1.807, 2.05) is 0 Å². The minimum Gasteiger partial charge on any atom is -0.444 e. The molecule has 11 nitrogen and oxygen atoms in total. The number of carbonyl (C=O) groups excluding carboxylic acids is 4. The molecule has 0 heterocycles. The molecule has 0 rings (SSSR count). The maximum Gasteiger partial charge on any atom is 0.407 e. The molecule has 35 heavy (non-hydrogen) atoms. The highest BCUT2D eigenvalue weighted by molar-refractivity contribution is 5.68. The van der Waals surface area contributed by atoms with E-state index in [0.29, 0.717) is 25.7 Å². The Morgan fingerprint density at radius 3 is 1.31 bits per heavy atom. The SMILES string of the molecule is CC(C)(C)OC(=O)NCCCC(CCCNC(=O)OC(C)(C)C)(CNC(=O)OC(C)(C)C)N=C=O. The van der Waals surface area contributed by atoms with Crippen LogP contribution in [0.2, 0.25) is 0 Å². The van der Waals surface area contributed by atoms with Crippen molar-refractivity contribution in [2.45, 2.75) is 110 Å². The standard InChI is InChI=1S/C24H44N4O7/c1-21(2,3)33-18(30)25-14-10-12-24(28-17-29,16-27-20(32)35-23(7,8)9)13-11-15-26-19(31)34-22(4,5)6/h10-16H2,1-9H3,(H,25,30)(H,26,31)(H,27,32). The number of amides is 3. The van der Waals surface area contributed by atoms with Crippen molar-refractivity contribution in [1.82, 2.24) is 16.0 Å². The lowest BCUT2D eigenvalue weighted by atomic mass is 9.88. The molecule has 0 aliphatic carbocycles. The number of rotatable bonds is 11. The van der Waals surface area contributed by atoms with Crippen LogP contribution in [0.15, 0.2) is 4.99 Å². The van der Waals surface area contributed by atoms with Crippen molar-refractivity contribution in [1.29, 1.82) is 0 Å². The molecule has 0 saturated carbocycles. The normalized spacial score (nSPS) is 12.1. The van der Waals surface area contributed by atoms with Crippen LogP contribution in [-0.2, 0) is 19.0 Å². The molecule has 3 amide bonds. The Kier molecular flexibility index (Phi) is 12.8. The van der Waals surface area contributed by atoms with Gasteiger partial charge >= 0.3 is 18.3 Å². The summed E-state index contributed by atoms with van der Waals surface area (Å²) in [5, 5.41) is 8.00. The quantitative estimate of drug-likeness (QED) is 0.167. The van der Waals surface area contributed by atoms with E-state index in [1.54, 1.807) is 68.4 Å². The number of hydrogen-bond donors (Lipinski definition) is 3. The number of carbonyl (C=O) groups is 3. The van der Waals surface area contributed by atoms with Crippen LogP contribution in [0.3, 0.4) is 0 Å². The highest BCUT2D eigenvalue weighted by Gasteiger charge is 2.31. The van der Waals surface area contributed by atoms with Crippen molar-refractivity contribution in [3.8, 4) is 0 Å². The number of nitrogens with one attached hydrogen (secondary N) is 3. The van der Waals surface area contributed by atoms with Crippen molar-refractivity contribution >= 4 is 24.4 Å². The van der Waals surface area contributed by atoms with Crippen molar-refractivity contribution in [3.63, 3.8) is 0 Å². The first-order chi connectivity index (χ1) is 15.9. The Morgan fingerprint density at radius 2 is 1.00 bits per heavy atom. The van der Waals surface area contributed by atoms with Gasteiger partial charge in [0.25, 0.3) is 0 Å². The van der Waals surface area contributed by atoms with E-state index in [0.717, 1.165) is 0 Å². The smallest absolute Gasteiger partial charge is 0.407 e. The molecule has 0 spiro atoms. The first-order valence-electron chi connectivity index (χ1n) is 11.9. The average molecular weight is 501 g/mol. The Labute approximate surface area is 209 Å². The van der Waals surface area contributed by atoms with Crippen LogP contribution >= 0.6 is 0 Å². The fourth-order valence-electron chi connectivity index (χ4n) is 2.94. The van der Waals surface area contributed by atoms with Crippen molar-refractivity contribution in [3.05, 3.63) is 0 Å². The van der Waals surface area contributed by atoms with Crippen LogP contribution in [0.25, 0.3) is 0 Å². The van der Waals surface area contributed by atoms with Crippen LogP contribution in [0.5, 0.6) is 0 Å². The van der Waals surface area contributed by atoms with Crippen molar-refractivity contribution in [2.24, 2.45) is 4.99 Å². The molecular weight excluding hydrogens is 456 g/mol. The molecule has 0 aromatic carbocycles. The lowest BCUT2D eigenvalue weighted by Crippen LogP contribution is -2.44. The van der Waals surface area contributed by atoms with Gasteiger partial charge in [0.15, 0.2) is 0 Å². The molecule has 0 saturated heterocycles. The third-order valence-electron chi connectivity index (χ3n) is 4.22. The zero-order chi connectivity index (χ0) is 27.3. The summed E-state index contributed by atoms with van der Waals surface area (Å²) in [7, 11) is 0. The summed E-state index contributed by atoms with van der Waals surface area (Å²) < 4.78 is 15.7. The summed E-state index contributed by atoms with van der Waals surface area (Å²) in [5.74, 6) is 0. The number of ether oxygens (including phenoxy) is 3. The highest BCUT2D eigenvalue weighted by atomic mass is 16.6. The van der Waals surface area contributed by atoms with Gasteiger partial charge in [-0.25, -0.2) is 19.2 Å². The third-order valence-corrected chi connectivity index (χ3v) is 4.22. The number of nitrogens with zero attached hydrogens (tertiary/aromatic N) is 1. The van der Waals surface area contributed by atoms with Gasteiger partial charge in [-0.3, -0.25) is 0 Å². The fraction of sp³-hybridized carbons (Fsp3) is 0.833. The Bertz CT molecular complexity index is 706. The Morgan fingerprint density at radius 1 is 0.657 bits per heavy atom. The first-order valence-corrected chi connectivity index (χ1v) is 11.9. The Balaban J connectivity index is 5.13. The number of aliphatic imine (C=N–C) groups is 1. The summed E-state index contributed by atoms with van der Waals surface area (Å²) in [5.41, 5.74) is -2.92. The molecule has 0 aromatic heterocycles. The maximum atomic E-state index is 12.2. The van der Waals surface area contributed by atoms with Gasteiger partial charge in [-0.1, -0.05) is 0 Å². The number of alkyl carbamates (subject to hydrolysis) is 3. The van der Waals surface area contributed by atoms with Crippen LogP contribution < -0.4 is 16.0 Å². The summed E-state index contributed by atoms with van der Waals surface area (Å²) in [4.78, 5) is 51.3. The van der Waals surface area contributed by atoms with E-state index in [9.17, 15) is 19.2 Å². The van der Waals surface area contributed by atoms with E-state index in [4.69, 9.17) is 14.2 Å². The van der Waals surface area contributed by atoms with Gasteiger partial charge in [0.1, 0.15) is 16.8 Å². The summed E-state index contributed by atoms with van der Waals surface area (Å²) in [6, 6.07) is 0. The van der Waals surface area contributed by atoms with Gasteiger partial charge in [0.05, 0.1) is 5.54 Å². The summed E-state index contributed by atoms with van der Waals surface area (Å²) >= 11 is 0. The molecule has 11 heteroatoms. The second-order valence-corrected chi connectivity index (χ2v) is 11.3. The lowest BCUT2D eigenvalue weighted by Gasteiger charge is -2.30. The van der Waals surface area contributed by atoms with E-state index >= 15 is 0 Å². The average Bonchev–Trinajstić information content (AvgIpc) is 2.63. The molecule has 0 atom stereocenters. The highest BCUT2D eigenvalue weighted by Crippen LogP contribution is 2.24. The van der Waals surface area contributed by atoms with E-state index in [1.165, 1.54) is 0 Å². The number of hydrogen-bond acceptors (Lipinski definition) is 8. The monoisotopic (exact) mass is 500 g/mol. The van der Waals surface area contributed by atoms with E-state index in [2.05, 4.69) is 20.9 Å². The molecule has 0 aliphatic heterocycles. The Hall–Kier alpha value is -2.81. The van der Waals surface area contributed by atoms with E-state index < -0.39 is 40.6 Å². The van der Waals surface area contributed by atoms with Gasteiger partial charge in [-0.05, 0) is 88.0 Å². The number of isocyanates is 1. The van der Waals surface area contributed by atoms with Gasteiger partial charge < -0.3 is 30.2 Å². The zero-order valence-corrected chi connectivity index (χ0v) is 22.8. The minimum atomic E-state index is -0.996. The van der Waals surface area contributed by atoms with Crippen LogP contribution in [0.4, 0.5) is 14.4 Å². The molecule has 0 fully saturated rings. The molecule has 0 unspecified atom stereocenters. The molecule has 3 N–H and O–H groups in total. The van der Waals surface area contributed by atoms with Crippen LogP contribution in [-0.4, -0.2) is 66.3 Å². The van der Waals surface area contributed by atoms with Crippen LogP contribution in [0, 0.1) is 0 Å². The predicted octanol–water partition coefficient (Wildman–Crippen LogP) is 4.20. The molecule has 0 bridgehead atoms. The molecular formula is C24H44N4O7. The molecule has 0 aliphatic rings. The summed E-state index contributed by atoms with van der Waals surface area (Å²) in [6.07, 6.45) is 1.51. The van der Waals surface area contributed by atoms with Gasteiger partial charge in [0, 0.05) is 19.6 Å². The predicted molar refractivity (Wildman–Crippen MR) is 132 cm³/mol. The second kappa shape index (κ2) is 13.9. The molecule has 202 valence electrons. The van der Waals surface area contributed by atoms with Crippen molar-refractivity contribution in [2.75, 3.05) is 19.6 Å². The van der Waals surface area contributed by atoms with Gasteiger partial charge in [-0.15, -0.1) is 0 Å². The largest absolute Gasteiger partial charge is 0.444 e. The summed E-state index contributed by atoms with van der Waals surface area (Å²) in [6.45, 7) is 16.4. The zero-order valence-electron chi connectivity index (χ0n) is 22.8.